The van der Waals surface area contributed by atoms with Crippen LogP contribution < -0.4 is 0 Å². The van der Waals surface area contributed by atoms with Gasteiger partial charge < -0.3 is 0 Å². The molecule has 0 nitrogen and oxygen atoms in total. The standard InChI is InChI=1S/C28H46/c1-3-5-7-8-9-10-12-23-13-16-25(17-14-23)27-20-19-26-21-24(11-6-4-2)15-18-28(26)22-27/h19-20,22-25H,3-18,21H2,1-2H3/t23-,24?,25-. The molecule has 1 saturated carbocycles. The maximum Gasteiger partial charge on any atom is -0.0162 e. The molecule has 0 amide bonds. The number of hydrogen-bond acceptors (Lipinski definition) is 0. The number of benzene rings is 1. The van der Waals surface area contributed by atoms with Crippen molar-refractivity contribution < 1.29 is 0 Å². The lowest BCUT2D eigenvalue weighted by molar-refractivity contribution is 0.301. The van der Waals surface area contributed by atoms with Crippen molar-refractivity contribution in [2.45, 2.75) is 129 Å². The fourth-order valence-corrected chi connectivity index (χ4v) is 5.84. The Balaban J connectivity index is 1.40. The maximum absolute atomic E-state index is 2.62. The highest BCUT2D eigenvalue weighted by Crippen LogP contribution is 2.39. The zero-order valence-electron chi connectivity index (χ0n) is 19.0. The van der Waals surface area contributed by atoms with Gasteiger partial charge in [-0.05, 0) is 79.4 Å². The van der Waals surface area contributed by atoms with Crippen molar-refractivity contribution in [1.82, 2.24) is 0 Å². The SMILES string of the molecule is CCCCCCCC[C@H]1CC[C@H](c2ccc3c(c2)CCC(CCCC)C3)CC1. The van der Waals surface area contributed by atoms with Gasteiger partial charge in [0.15, 0.2) is 0 Å². The number of unbranched alkanes of at least 4 members (excludes halogenated alkanes) is 6. The Hall–Kier alpha value is -0.780. The van der Waals surface area contributed by atoms with Crippen LogP contribution >= 0.6 is 0 Å². The second-order valence-electron chi connectivity index (χ2n) is 10.1. The smallest absolute Gasteiger partial charge is 0.0162 e. The van der Waals surface area contributed by atoms with Gasteiger partial charge in [0.05, 0.1) is 0 Å². The lowest BCUT2D eigenvalue weighted by atomic mass is 9.75. The number of fused-ring (bicyclic) bond motifs is 1. The van der Waals surface area contributed by atoms with Gasteiger partial charge >= 0.3 is 0 Å². The van der Waals surface area contributed by atoms with Gasteiger partial charge in [0.2, 0.25) is 0 Å². The van der Waals surface area contributed by atoms with Crippen LogP contribution in [0.1, 0.15) is 133 Å². The normalized spacial score (nSPS) is 24.9. The summed E-state index contributed by atoms with van der Waals surface area (Å²) in [4.78, 5) is 0. The zero-order chi connectivity index (χ0) is 19.6. The Morgan fingerprint density at radius 3 is 2.18 bits per heavy atom. The molecule has 3 rings (SSSR count). The maximum atomic E-state index is 2.62. The van der Waals surface area contributed by atoms with Crippen LogP contribution in [0.5, 0.6) is 0 Å². The molecule has 2 aliphatic carbocycles. The highest BCUT2D eigenvalue weighted by molar-refractivity contribution is 5.36. The molecule has 158 valence electrons. The Kier molecular flexibility index (Phi) is 9.42. The second-order valence-corrected chi connectivity index (χ2v) is 10.1. The number of rotatable bonds is 11. The van der Waals surface area contributed by atoms with Crippen molar-refractivity contribution >= 4 is 0 Å². The highest BCUT2D eigenvalue weighted by Gasteiger charge is 2.24. The van der Waals surface area contributed by atoms with Gasteiger partial charge in [0.25, 0.3) is 0 Å². The van der Waals surface area contributed by atoms with E-state index < -0.39 is 0 Å². The molecule has 1 atom stereocenters. The summed E-state index contributed by atoms with van der Waals surface area (Å²) in [5.74, 6) is 2.83. The van der Waals surface area contributed by atoms with Gasteiger partial charge in [-0.3, -0.25) is 0 Å². The third-order valence-electron chi connectivity index (χ3n) is 7.81. The lowest BCUT2D eigenvalue weighted by Gasteiger charge is -2.30. The summed E-state index contributed by atoms with van der Waals surface area (Å²) in [5, 5.41) is 0. The van der Waals surface area contributed by atoms with E-state index in [4.69, 9.17) is 0 Å². The van der Waals surface area contributed by atoms with E-state index in [-0.39, 0.29) is 0 Å². The third-order valence-corrected chi connectivity index (χ3v) is 7.81. The molecular formula is C28H46. The fourth-order valence-electron chi connectivity index (χ4n) is 5.84. The van der Waals surface area contributed by atoms with E-state index in [2.05, 4.69) is 32.0 Å². The van der Waals surface area contributed by atoms with E-state index in [0.29, 0.717) is 0 Å². The van der Waals surface area contributed by atoms with E-state index in [1.165, 1.54) is 109 Å². The molecule has 0 N–H and O–H groups in total. The summed E-state index contributed by atoms with van der Waals surface area (Å²) < 4.78 is 0. The first-order valence-electron chi connectivity index (χ1n) is 12.9. The molecule has 0 aromatic heterocycles. The lowest BCUT2D eigenvalue weighted by Crippen LogP contribution is -2.16. The first kappa shape index (κ1) is 21.9. The molecular weight excluding hydrogens is 336 g/mol. The quantitative estimate of drug-likeness (QED) is 0.335. The van der Waals surface area contributed by atoms with Crippen molar-refractivity contribution in [2.24, 2.45) is 11.8 Å². The summed E-state index contributed by atoms with van der Waals surface area (Å²) >= 11 is 0. The van der Waals surface area contributed by atoms with Gasteiger partial charge in [0.1, 0.15) is 0 Å². The van der Waals surface area contributed by atoms with E-state index in [1.54, 1.807) is 16.7 Å². The van der Waals surface area contributed by atoms with E-state index in [0.717, 1.165) is 17.8 Å². The van der Waals surface area contributed by atoms with Gasteiger partial charge in [-0.2, -0.15) is 0 Å². The summed E-state index contributed by atoms with van der Waals surface area (Å²) in [5.41, 5.74) is 5.04. The highest BCUT2D eigenvalue weighted by atomic mass is 14.3. The van der Waals surface area contributed by atoms with Gasteiger partial charge in [-0.1, -0.05) is 96.3 Å². The minimum Gasteiger partial charge on any atom is -0.0654 e. The first-order chi connectivity index (χ1) is 13.8. The van der Waals surface area contributed by atoms with Crippen LogP contribution in [0.15, 0.2) is 18.2 Å². The predicted octanol–water partition coefficient (Wildman–Crippen LogP) is 9.01. The van der Waals surface area contributed by atoms with Crippen LogP contribution in [0, 0.1) is 11.8 Å². The van der Waals surface area contributed by atoms with Crippen LogP contribution in [-0.2, 0) is 12.8 Å². The summed E-state index contributed by atoms with van der Waals surface area (Å²) in [6, 6.07) is 7.62. The Bertz CT molecular complexity index is 549. The zero-order valence-corrected chi connectivity index (χ0v) is 19.0. The molecule has 1 aromatic rings. The molecule has 1 aromatic carbocycles. The molecule has 0 heterocycles. The third kappa shape index (κ3) is 6.64. The van der Waals surface area contributed by atoms with Crippen LogP contribution in [-0.4, -0.2) is 0 Å². The van der Waals surface area contributed by atoms with Gasteiger partial charge in [0, 0.05) is 0 Å². The Morgan fingerprint density at radius 1 is 0.679 bits per heavy atom. The average Bonchev–Trinajstić information content (AvgIpc) is 2.74. The minimum atomic E-state index is 0.851. The molecule has 1 unspecified atom stereocenters. The van der Waals surface area contributed by atoms with Crippen molar-refractivity contribution in [2.75, 3.05) is 0 Å². The molecule has 1 fully saturated rings. The second kappa shape index (κ2) is 12.0. The van der Waals surface area contributed by atoms with Crippen molar-refractivity contribution in [1.29, 1.82) is 0 Å². The molecule has 0 heteroatoms. The Morgan fingerprint density at radius 2 is 1.39 bits per heavy atom. The minimum absolute atomic E-state index is 0.851. The largest absolute Gasteiger partial charge is 0.0654 e. The van der Waals surface area contributed by atoms with Crippen LogP contribution in [0.2, 0.25) is 0 Å². The topological polar surface area (TPSA) is 0 Å². The molecule has 0 bridgehead atoms. The monoisotopic (exact) mass is 382 g/mol. The van der Waals surface area contributed by atoms with Crippen molar-refractivity contribution in [3.05, 3.63) is 34.9 Å². The van der Waals surface area contributed by atoms with Crippen LogP contribution in [0.4, 0.5) is 0 Å². The molecule has 28 heavy (non-hydrogen) atoms. The molecule has 0 aliphatic heterocycles. The van der Waals surface area contributed by atoms with Gasteiger partial charge in [-0.25, -0.2) is 0 Å². The summed E-state index contributed by atoms with van der Waals surface area (Å²) in [6.45, 7) is 4.64. The first-order valence-corrected chi connectivity index (χ1v) is 12.9. The number of hydrogen-bond donors (Lipinski definition) is 0. The molecule has 2 aliphatic rings. The Labute approximate surface area is 175 Å². The van der Waals surface area contributed by atoms with Crippen molar-refractivity contribution in [3.8, 4) is 0 Å². The van der Waals surface area contributed by atoms with E-state index in [1.807, 2.05) is 0 Å². The van der Waals surface area contributed by atoms with Crippen LogP contribution in [0.3, 0.4) is 0 Å². The van der Waals surface area contributed by atoms with E-state index >= 15 is 0 Å². The van der Waals surface area contributed by atoms with Crippen molar-refractivity contribution in [3.63, 3.8) is 0 Å². The molecule has 0 saturated heterocycles. The molecule has 0 radical (unpaired) electrons. The number of aryl methyl sites for hydroxylation is 1. The summed E-state index contributed by atoms with van der Waals surface area (Å²) in [6.07, 6.45) is 24.4. The summed E-state index contributed by atoms with van der Waals surface area (Å²) in [7, 11) is 0. The van der Waals surface area contributed by atoms with Gasteiger partial charge in [-0.15, -0.1) is 0 Å². The van der Waals surface area contributed by atoms with Crippen LogP contribution in [0.25, 0.3) is 0 Å². The molecule has 0 spiro atoms. The van der Waals surface area contributed by atoms with E-state index in [9.17, 15) is 0 Å². The predicted molar refractivity (Wildman–Crippen MR) is 124 cm³/mol. The fraction of sp³-hybridized carbons (Fsp3) is 0.786. The average molecular weight is 383 g/mol.